The topological polar surface area (TPSA) is 54.9 Å². The molecule has 0 atom stereocenters. The first kappa shape index (κ1) is 10.9. The van der Waals surface area contributed by atoms with Gasteiger partial charge in [-0.15, -0.1) is 0 Å². The molecule has 0 aliphatic carbocycles. The lowest BCUT2D eigenvalue weighted by Gasteiger charge is -1.83. The SMILES string of the molecule is O=c1cc[nH]c(=O)n1F.c1ccccc1. The Hall–Kier alpha value is -2.17. The second kappa shape index (κ2) is 5.54. The van der Waals surface area contributed by atoms with Gasteiger partial charge in [0.1, 0.15) is 0 Å². The molecule has 5 heteroatoms. The molecular formula is C10H9FN2O2. The highest BCUT2D eigenvalue weighted by Gasteiger charge is 1.93. The van der Waals surface area contributed by atoms with Gasteiger partial charge in [-0.2, -0.15) is 0 Å². The van der Waals surface area contributed by atoms with Gasteiger partial charge in [-0.05, 0) is 0 Å². The number of nitrogens with zero attached hydrogens (tertiary/aromatic N) is 1. The van der Waals surface area contributed by atoms with Crippen molar-refractivity contribution in [1.82, 2.24) is 9.77 Å². The molecule has 4 nitrogen and oxygen atoms in total. The van der Waals surface area contributed by atoms with Gasteiger partial charge in [0.25, 0.3) is 5.56 Å². The molecule has 1 aromatic heterocycles. The highest BCUT2D eigenvalue weighted by Crippen LogP contribution is 1.79. The minimum absolute atomic E-state index is 0.500. The van der Waals surface area contributed by atoms with E-state index in [1.165, 1.54) is 0 Å². The van der Waals surface area contributed by atoms with E-state index in [1.807, 2.05) is 41.4 Å². The van der Waals surface area contributed by atoms with Crippen molar-refractivity contribution in [1.29, 1.82) is 0 Å². The van der Waals surface area contributed by atoms with Crippen molar-refractivity contribution in [3.8, 4) is 0 Å². The van der Waals surface area contributed by atoms with E-state index < -0.39 is 16.0 Å². The Bertz CT molecular complexity index is 450. The van der Waals surface area contributed by atoms with Gasteiger partial charge in [0, 0.05) is 12.3 Å². The maximum absolute atomic E-state index is 12.0. The average Bonchev–Trinajstić information content (AvgIpc) is 2.29. The number of halogens is 1. The van der Waals surface area contributed by atoms with Crippen LogP contribution in [0, 0.1) is 0 Å². The maximum Gasteiger partial charge on any atom is 0.357 e. The second-order valence-electron chi connectivity index (χ2n) is 2.56. The molecule has 0 amide bonds. The van der Waals surface area contributed by atoms with E-state index in [-0.39, 0.29) is 0 Å². The summed E-state index contributed by atoms with van der Waals surface area (Å²) in [6.07, 6.45) is 1.08. The predicted molar refractivity (Wildman–Crippen MR) is 54.3 cm³/mol. The van der Waals surface area contributed by atoms with E-state index in [2.05, 4.69) is 0 Å². The van der Waals surface area contributed by atoms with E-state index in [0.717, 1.165) is 12.3 Å². The summed E-state index contributed by atoms with van der Waals surface area (Å²) in [6, 6.07) is 12.9. The van der Waals surface area contributed by atoms with Gasteiger partial charge < -0.3 is 4.98 Å². The highest BCUT2D eigenvalue weighted by atomic mass is 19.2. The zero-order valence-electron chi connectivity index (χ0n) is 7.76. The predicted octanol–water partition coefficient (Wildman–Crippen LogP) is 0.956. The molecule has 78 valence electrons. The number of benzene rings is 1. The van der Waals surface area contributed by atoms with Crippen LogP contribution in [0.25, 0.3) is 0 Å². The van der Waals surface area contributed by atoms with Crippen LogP contribution in [-0.4, -0.2) is 9.77 Å². The molecular weight excluding hydrogens is 199 g/mol. The van der Waals surface area contributed by atoms with Crippen LogP contribution < -0.4 is 11.2 Å². The monoisotopic (exact) mass is 208 g/mol. The third-order valence-corrected chi connectivity index (χ3v) is 1.47. The van der Waals surface area contributed by atoms with Crippen LogP contribution in [0.4, 0.5) is 4.48 Å². The fraction of sp³-hybridized carbons (Fsp3) is 0. The molecule has 15 heavy (non-hydrogen) atoms. The van der Waals surface area contributed by atoms with Gasteiger partial charge in [-0.25, -0.2) is 4.79 Å². The smallest absolute Gasteiger partial charge is 0.312 e. The fourth-order valence-corrected chi connectivity index (χ4v) is 0.791. The highest BCUT2D eigenvalue weighted by molar-refractivity contribution is 4.99. The summed E-state index contributed by atoms with van der Waals surface area (Å²) >= 11 is 0. The fourth-order valence-electron chi connectivity index (χ4n) is 0.791. The van der Waals surface area contributed by atoms with Crippen molar-refractivity contribution < 1.29 is 4.48 Å². The summed E-state index contributed by atoms with van der Waals surface area (Å²) in [5.74, 6) is 0. The van der Waals surface area contributed by atoms with Crippen LogP contribution in [0.3, 0.4) is 0 Å². The van der Waals surface area contributed by atoms with Crippen molar-refractivity contribution in [2.24, 2.45) is 0 Å². The minimum Gasteiger partial charge on any atom is -0.312 e. The average molecular weight is 208 g/mol. The standard InChI is InChI=1S/C6H6.C4H3FN2O2/c1-2-4-6-5-3-1;5-7-3(8)1-2-6-4(7)9/h1-6H;1-2H,(H,6,9). The Morgan fingerprint density at radius 2 is 1.47 bits per heavy atom. The van der Waals surface area contributed by atoms with E-state index in [1.54, 1.807) is 0 Å². The normalized spacial score (nSPS) is 8.87. The Balaban J connectivity index is 0.000000162. The molecule has 0 fully saturated rings. The van der Waals surface area contributed by atoms with Gasteiger partial charge in [0.05, 0.1) is 0 Å². The number of H-pyrrole nitrogens is 1. The summed E-state index contributed by atoms with van der Waals surface area (Å²) in [6.45, 7) is 0. The Morgan fingerprint density at radius 1 is 1.00 bits per heavy atom. The molecule has 0 saturated carbocycles. The van der Waals surface area contributed by atoms with Crippen LogP contribution in [0.15, 0.2) is 58.3 Å². The summed E-state index contributed by atoms with van der Waals surface area (Å²) < 4.78 is 12.0. The van der Waals surface area contributed by atoms with Gasteiger partial charge in [0.15, 0.2) is 0 Å². The lowest BCUT2D eigenvalue weighted by molar-refractivity contribution is 0.330. The number of nitrogens with one attached hydrogen (secondary N) is 1. The van der Waals surface area contributed by atoms with Crippen molar-refractivity contribution >= 4 is 0 Å². The summed E-state index contributed by atoms with van der Waals surface area (Å²) in [5.41, 5.74) is -2.01. The van der Waals surface area contributed by atoms with E-state index >= 15 is 0 Å². The summed E-state index contributed by atoms with van der Waals surface area (Å²) in [5, 5.41) is 0. The first-order valence-corrected chi connectivity index (χ1v) is 4.19. The van der Waals surface area contributed by atoms with E-state index in [0.29, 0.717) is 0 Å². The molecule has 1 N–H and O–H groups in total. The van der Waals surface area contributed by atoms with Crippen LogP contribution >= 0.6 is 0 Å². The maximum atomic E-state index is 12.0. The van der Waals surface area contributed by atoms with E-state index in [9.17, 15) is 14.1 Å². The first-order chi connectivity index (χ1) is 7.22. The zero-order chi connectivity index (χ0) is 11.1. The first-order valence-electron chi connectivity index (χ1n) is 4.19. The quantitative estimate of drug-likeness (QED) is 0.701. The molecule has 0 aliphatic heterocycles. The third-order valence-electron chi connectivity index (χ3n) is 1.47. The Morgan fingerprint density at radius 3 is 1.80 bits per heavy atom. The minimum atomic E-state index is -1.05. The van der Waals surface area contributed by atoms with Gasteiger partial charge >= 0.3 is 5.69 Å². The van der Waals surface area contributed by atoms with Crippen molar-refractivity contribution in [2.45, 2.75) is 0 Å². The zero-order valence-corrected chi connectivity index (χ0v) is 7.76. The van der Waals surface area contributed by atoms with Crippen molar-refractivity contribution in [3.05, 3.63) is 69.5 Å². The van der Waals surface area contributed by atoms with Gasteiger partial charge in [0.2, 0.25) is 0 Å². The number of hydrogen-bond donors (Lipinski definition) is 1. The van der Waals surface area contributed by atoms with Crippen molar-refractivity contribution in [3.63, 3.8) is 0 Å². The molecule has 1 heterocycles. The lowest BCUT2D eigenvalue weighted by Crippen LogP contribution is -2.28. The summed E-state index contributed by atoms with van der Waals surface area (Å²) in [7, 11) is 0. The van der Waals surface area contributed by atoms with Crippen LogP contribution in [0.5, 0.6) is 0 Å². The lowest BCUT2D eigenvalue weighted by atomic mass is 10.4. The molecule has 2 aromatic rings. The van der Waals surface area contributed by atoms with Gasteiger partial charge in [-0.1, -0.05) is 45.7 Å². The molecule has 0 unspecified atom stereocenters. The molecule has 2 rings (SSSR count). The second-order valence-corrected chi connectivity index (χ2v) is 2.56. The van der Waals surface area contributed by atoms with Crippen LogP contribution in [0.2, 0.25) is 0 Å². The third kappa shape index (κ3) is 3.60. The number of aromatic amines is 1. The Kier molecular flexibility index (Phi) is 4.03. The molecule has 0 aliphatic rings. The van der Waals surface area contributed by atoms with Crippen LogP contribution in [0.1, 0.15) is 0 Å². The van der Waals surface area contributed by atoms with E-state index in [4.69, 9.17) is 0 Å². The largest absolute Gasteiger partial charge is 0.357 e. The molecule has 1 aromatic carbocycles. The number of aromatic nitrogens is 2. The molecule has 0 spiro atoms. The molecule has 0 saturated heterocycles. The number of hydrogen-bond acceptors (Lipinski definition) is 2. The number of rotatable bonds is 0. The molecule has 0 radical (unpaired) electrons. The molecule has 0 bridgehead atoms. The Labute approximate surface area is 84.6 Å². The van der Waals surface area contributed by atoms with Crippen LogP contribution in [-0.2, 0) is 0 Å². The van der Waals surface area contributed by atoms with Crippen molar-refractivity contribution in [2.75, 3.05) is 0 Å². The summed E-state index contributed by atoms with van der Waals surface area (Å²) in [4.78, 5) is 21.9. The van der Waals surface area contributed by atoms with Gasteiger partial charge in [-0.3, -0.25) is 4.79 Å².